The molecule has 0 aliphatic heterocycles. The van der Waals surface area contributed by atoms with Crippen molar-refractivity contribution < 1.29 is 18.0 Å². The quantitative estimate of drug-likeness (QED) is 0.699. The minimum atomic E-state index is -3.02. The highest BCUT2D eigenvalue weighted by atomic mass is 35.5. The molecule has 0 unspecified atom stereocenters. The number of Topliss-reactive ketones (excluding diaryl/α,β-unsaturated/α-hetero) is 1. The Morgan fingerprint density at radius 2 is 2.00 bits per heavy atom. The molecule has 1 rings (SSSR count). The first-order valence-corrected chi connectivity index (χ1v) is 4.09. The number of carbonyl (C=O) groups excluding carboxylic acids is 1. The summed E-state index contributed by atoms with van der Waals surface area (Å²) in [4.78, 5) is 10.9. The number of alkyl halides is 2. The van der Waals surface area contributed by atoms with Crippen LogP contribution in [0.2, 0.25) is 5.02 Å². The van der Waals surface area contributed by atoms with Gasteiger partial charge in [-0.2, -0.15) is 0 Å². The summed E-state index contributed by atoms with van der Waals surface area (Å²) in [6.07, 6.45) is -3.02. The molecule has 0 N–H and O–H groups in total. The third-order valence-corrected chi connectivity index (χ3v) is 1.91. The van der Waals surface area contributed by atoms with E-state index in [1.807, 2.05) is 0 Å². The Morgan fingerprint density at radius 1 is 1.43 bits per heavy atom. The molecule has 76 valence electrons. The van der Waals surface area contributed by atoms with E-state index in [0.29, 0.717) is 0 Å². The van der Waals surface area contributed by atoms with Gasteiger partial charge in [0.15, 0.2) is 5.78 Å². The molecule has 0 atom stereocenters. The Bertz CT molecular complexity index is 377. The van der Waals surface area contributed by atoms with Gasteiger partial charge in [-0.15, -0.1) is 0 Å². The van der Waals surface area contributed by atoms with Crippen molar-refractivity contribution >= 4 is 17.4 Å². The van der Waals surface area contributed by atoms with E-state index in [1.54, 1.807) is 0 Å². The lowest BCUT2D eigenvalue weighted by molar-refractivity contribution is 0.0995. The summed E-state index contributed by atoms with van der Waals surface area (Å²) in [5.41, 5.74) is -1.26. The molecule has 0 radical (unpaired) electrons. The van der Waals surface area contributed by atoms with Gasteiger partial charge in [0.05, 0.1) is 5.56 Å². The van der Waals surface area contributed by atoms with Crippen LogP contribution >= 0.6 is 11.6 Å². The topological polar surface area (TPSA) is 17.1 Å². The average Bonchev–Trinajstić information content (AvgIpc) is 2.01. The van der Waals surface area contributed by atoms with Gasteiger partial charge in [-0.25, -0.2) is 13.2 Å². The predicted octanol–water partition coefficient (Wildman–Crippen LogP) is 3.62. The normalized spacial score (nSPS) is 10.7. The van der Waals surface area contributed by atoms with Crippen molar-refractivity contribution in [3.8, 4) is 0 Å². The lowest BCUT2D eigenvalue weighted by Gasteiger charge is -2.07. The Balaban J connectivity index is 3.44. The SMILES string of the molecule is CC(=O)c1cc(Cl)cc(F)c1C(F)F. The van der Waals surface area contributed by atoms with Crippen molar-refractivity contribution in [3.63, 3.8) is 0 Å². The molecular formula is C9H6ClF3O. The van der Waals surface area contributed by atoms with Crippen LogP contribution in [0.5, 0.6) is 0 Å². The number of halogens is 4. The molecule has 0 saturated heterocycles. The van der Waals surface area contributed by atoms with Crippen molar-refractivity contribution in [3.05, 3.63) is 34.1 Å². The van der Waals surface area contributed by atoms with Gasteiger partial charge < -0.3 is 0 Å². The third kappa shape index (κ3) is 2.07. The maximum Gasteiger partial charge on any atom is 0.267 e. The molecule has 1 aromatic carbocycles. The summed E-state index contributed by atoms with van der Waals surface area (Å²) in [7, 11) is 0. The van der Waals surface area contributed by atoms with Crippen LogP contribution in [-0.2, 0) is 0 Å². The van der Waals surface area contributed by atoms with E-state index in [4.69, 9.17) is 11.6 Å². The van der Waals surface area contributed by atoms with Gasteiger partial charge >= 0.3 is 0 Å². The second-order valence-corrected chi connectivity index (χ2v) is 3.14. The van der Waals surface area contributed by atoms with Gasteiger partial charge in [0.2, 0.25) is 0 Å². The molecule has 0 aromatic heterocycles. The van der Waals surface area contributed by atoms with Gasteiger partial charge in [-0.1, -0.05) is 11.6 Å². The summed E-state index contributed by atoms with van der Waals surface area (Å²) in [6.45, 7) is 1.08. The number of rotatable bonds is 2. The summed E-state index contributed by atoms with van der Waals surface area (Å²) >= 11 is 5.43. The molecule has 0 fully saturated rings. The zero-order valence-corrected chi connectivity index (χ0v) is 7.91. The fourth-order valence-electron chi connectivity index (χ4n) is 1.10. The van der Waals surface area contributed by atoms with Crippen molar-refractivity contribution in [2.45, 2.75) is 13.3 Å². The first-order valence-electron chi connectivity index (χ1n) is 3.71. The molecule has 0 amide bonds. The van der Waals surface area contributed by atoms with E-state index in [9.17, 15) is 18.0 Å². The van der Waals surface area contributed by atoms with Gasteiger partial charge in [-0.05, 0) is 19.1 Å². The second kappa shape index (κ2) is 4.00. The maximum absolute atomic E-state index is 13.0. The summed E-state index contributed by atoms with van der Waals surface area (Å²) in [6, 6.07) is 1.80. The maximum atomic E-state index is 13.0. The Kier molecular flexibility index (Phi) is 3.16. The smallest absolute Gasteiger partial charge is 0.267 e. The van der Waals surface area contributed by atoms with E-state index in [2.05, 4.69) is 0 Å². The highest BCUT2D eigenvalue weighted by Gasteiger charge is 2.21. The summed E-state index contributed by atoms with van der Waals surface area (Å²) in [5, 5.41) is -0.0721. The Morgan fingerprint density at radius 3 is 2.43 bits per heavy atom. The number of carbonyl (C=O) groups is 1. The molecule has 0 heterocycles. The monoisotopic (exact) mass is 222 g/mol. The molecule has 0 aliphatic carbocycles. The van der Waals surface area contributed by atoms with Crippen LogP contribution in [0.4, 0.5) is 13.2 Å². The first-order chi connectivity index (χ1) is 6.43. The van der Waals surface area contributed by atoms with Crippen molar-refractivity contribution in [2.75, 3.05) is 0 Å². The average molecular weight is 223 g/mol. The Hall–Kier alpha value is -1.03. The molecular weight excluding hydrogens is 217 g/mol. The fourth-order valence-corrected chi connectivity index (χ4v) is 1.30. The molecule has 1 aromatic rings. The zero-order chi connectivity index (χ0) is 10.9. The van der Waals surface area contributed by atoms with Crippen LogP contribution < -0.4 is 0 Å². The highest BCUT2D eigenvalue weighted by Crippen LogP contribution is 2.29. The summed E-state index contributed by atoms with van der Waals surface area (Å²) in [5.74, 6) is -1.79. The van der Waals surface area contributed by atoms with E-state index >= 15 is 0 Å². The first kappa shape index (κ1) is 11.0. The van der Waals surface area contributed by atoms with E-state index in [0.717, 1.165) is 19.1 Å². The lowest BCUT2D eigenvalue weighted by Crippen LogP contribution is -2.03. The predicted molar refractivity (Wildman–Crippen MR) is 46.4 cm³/mol. The van der Waals surface area contributed by atoms with Gasteiger partial charge in [0.1, 0.15) is 5.82 Å². The molecule has 1 nitrogen and oxygen atoms in total. The van der Waals surface area contributed by atoms with Gasteiger partial charge in [0, 0.05) is 10.6 Å². The summed E-state index contributed by atoms with van der Waals surface area (Å²) < 4.78 is 37.7. The van der Waals surface area contributed by atoms with Crippen LogP contribution in [0.1, 0.15) is 29.3 Å². The van der Waals surface area contributed by atoms with Crippen LogP contribution in [-0.4, -0.2) is 5.78 Å². The van der Waals surface area contributed by atoms with E-state index < -0.39 is 23.6 Å². The second-order valence-electron chi connectivity index (χ2n) is 2.71. The third-order valence-electron chi connectivity index (χ3n) is 1.69. The molecule has 14 heavy (non-hydrogen) atoms. The largest absolute Gasteiger partial charge is 0.294 e. The van der Waals surface area contributed by atoms with Crippen molar-refractivity contribution in [1.82, 2.24) is 0 Å². The number of benzene rings is 1. The molecule has 0 saturated carbocycles. The van der Waals surface area contributed by atoms with Crippen LogP contribution in [0.15, 0.2) is 12.1 Å². The molecule has 5 heteroatoms. The van der Waals surface area contributed by atoms with Gasteiger partial charge in [-0.3, -0.25) is 4.79 Å². The molecule has 0 spiro atoms. The Labute approximate surface area is 83.5 Å². The molecule has 0 aliphatic rings. The minimum absolute atomic E-state index is 0.0721. The number of hydrogen-bond donors (Lipinski definition) is 0. The fraction of sp³-hybridized carbons (Fsp3) is 0.222. The van der Waals surface area contributed by atoms with Crippen molar-refractivity contribution in [2.24, 2.45) is 0 Å². The standard InChI is InChI=1S/C9H6ClF3O/c1-4(14)6-2-5(10)3-7(11)8(6)9(12)13/h2-3,9H,1H3. The number of hydrogen-bond acceptors (Lipinski definition) is 1. The minimum Gasteiger partial charge on any atom is -0.294 e. The molecule has 0 bridgehead atoms. The van der Waals surface area contributed by atoms with Crippen LogP contribution in [0.3, 0.4) is 0 Å². The van der Waals surface area contributed by atoms with Gasteiger partial charge in [0.25, 0.3) is 6.43 Å². The van der Waals surface area contributed by atoms with Crippen molar-refractivity contribution in [1.29, 1.82) is 0 Å². The zero-order valence-electron chi connectivity index (χ0n) is 7.15. The van der Waals surface area contributed by atoms with Crippen LogP contribution in [0, 0.1) is 5.82 Å². The number of ketones is 1. The van der Waals surface area contributed by atoms with E-state index in [-0.39, 0.29) is 10.6 Å². The lowest BCUT2D eigenvalue weighted by atomic mass is 10.0. The van der Waals surface area contributed by atoms with Crippen LogP contribution in [0.25, 0.3) is 0 Å². The highest BCUT2D eigenvalue weighted by molar-refractivity contribution is 6.31. The van der Waals surface area contributed by atoms with E-state index in [1.165, 1.54) is 0 Å².